The van der Waals surface area contributed by atoms with E-state index in [9.17, 15) is 0 Å². The summed E-state index contributed by atoms with van der Waals surface area (Å²) in [6.07, 6.45) is 1.24. The maximum Gasteiger partial charge on any atom is 0.0623 e. The molecule has 0 spiro atoms. The van der Waals surface area contributed by atoms with E-state index in [1.807, 2.05) is 0 Å². The van der Waals surface area contributed by atoms with Gasteiger partial charge < -0.3 is 0 Å². The average Bonchev–Trinajstić information content (AvgIpc) is 2.22. The van der Waals surface area contributed by atoms with Crippen LogP contribution in [0.1, 0.15) is 13.3 Å². The van der Waals surface area contributed by atoms with Crippen LogP contribution in [0.3, 0.4) is 0 Å². The maximum atomic E-state index is 3.96. The van der Waals surface area contributed by atoms with Gasteiger partial charge in [-0.3, -0.25) is 0 Å². The lowest BCUT2D eigenvalue weighted by molar-refractivity contribution is 0.900. The van der Waals surface area contributed by atoms with Crippen LogP contribution in [0.4, 0.5) is 0 Å². The Morgan fingerprint density at radius 1 is 1.86 bits per heavy atom. The molecule has 0 saturated heterocycles. The molecule has 1 saturated carbocycles. The fourth-order valence-electron chi connectivity index (χ4n) is 0.600. The molecule has 0 aromatic rings. The SMILES string of the molecule is C=C=N[C@H]1CC1C. The van der Waals surface area contributed by atoms with Crippen molar-refractivity contribution in [3.63, 3.8) is 0 Å². The Bertz CT molecular complexity index is 111. The maximum absolute atomic E-state index is 3.96. The summed E-state index contributed by atoms with van der Waals surface area (Å²) in [6, 6.07) is 0.567. The van der Waals surface area contributed by atoms with E-state index in [2.05, 4.69) is 24.4 Å². The summed E-state index contributed by atoms with van der Waals surface area (Å²) < 4.78 is 0. The van der Waals surface area contributed by atoms with Gasteiger partial charge in [0.25, 0.3) is 0 Å². The van der Waals surface area contributed by atoms with Crippen LogP contribution in [-0.4, -0.2) is 11.9 Å². The normalized spacial score (nSPS) is 36.7. The van der Waals surface area contributed by atoms with Crippen molar-refractivity contribution in [1.82, 2.24) is 0 Å². The number of rotatable bonds is 1. The molecular weight excluding hydrogens is 86.1 g/mol. The van der Waals surface area contributed by atoms with Gasteiger partial charge in [0.2, 0.25) is 0 Å². The predicted octanol–water partition coefficient (Wildman–Crippen LogP) is 1.25. The molecule has 1 heteroatoms. The van der Waals surface area contributed by atoms with Crippen molar-refractivity contribution < 1.29 is 0 Å². The topological polar surface area (TPSA) is 12.4 Å². The van der Waals surface area contributed by atoms with Crippen LogP contribution in [-0.2, 0) is 0 Å². The summed E-state index contributed by atoms with van der Waals surface area (Å²) >= 11 is 0. The Morgan fingerprint density at radius 3 is 2.57 bits per heavy atom. The summed E-state index contributed by atoms with van der Waals surface area (Å²) in [6.45, 7) is 5.57. The third-order valence-electron chi connectivity index (χ3n) is 1.32. The number of aliphatic imine (C=N–C) groups is 1. The minimum Gasteiger partial charge on any atom is -0.240 e. The van der Waals surface area contributed by atoms with Crippen LogP contribution in [0.5, 0.6) is 0 Å². The third-order valence-corrected chi connectivity index (χ3v) is 1.32. The van der Waals surface area contributed by atoms with Crippen LogP contribution in [0.15, 0.2) is 11.6 Å². The predicted molar refractivity (Wildman–Crippen MR) is 30.6 cm³/mol. The van der Waals surface area contributed by atoms with E-state index in [4.69, 9.17) is 0 Å². The first-order valence-corrected chi connectivity index (χ1v) is 2.56. The van der Waals surface area contributed by atoms with Crippen LogP contribution in [0.2, 0.25) is 0 Å². The highest BCUT2D eigenvalue weighted by molar-refractivity contribution is 5.47. The van der Waals surface area contributed by atoms with E-state index >= 15 is 0 Å². The zero-order valence-electron chi connectivity index (χ0n) is 4.52. The lowest BCUT2D eigenvalue weighted by Gasteiger charge is -1.73. The summed E-state index contributed by atoms with van der Waals surface area (Å²) in [5, 5.41) is 0. The van der Waals surface area contributed by atoms with Gasteiger partial charge >= 0.3 is 0 Å². The van der Waals surface area contributed by atoms with Gasteiger partial charge in [0.1, 0.15) is 0 Å². The summed E-state index contributed by atoms with van der Waals surface area (Å²) in [5.74, 6) is 3.34. The molecular formula is C6H9N. The van der Waals surface area contributed by atoms with E-state index in [-0.39, 0.29) is 0 Å². The smallest absolute Gasteiger partial charge is 0.0623 e. The first kappa shape index (κ1) is 4.61. The van der Waals surface area contributed by atoms with E-state index in [1.54, 1.807) is 0 Å². The van der Waals surface area contributed by atoms with Gasteiger partial charge in [-0.05, 0) is 24.8 Å². The molecule has 0 radical (unpaired) electrons. The summed E-state index contributed by atoms with van der Waals surface area (Å²) in [5.41, 5.74) is 0. The van der Waals surface area contributed by atoms with Crippen molar-refractivity contribution in [3.05, 3.63) is 6.58 Å². The van der Waals surface area contributed by atoms with Gasteiger partial charge in [-0.25, -0.2) is 4.99 Å². The largest absolute Gasteiger partial charge is 0.240 e. The quantitative estimate of drug-likeness (QED) is 0.435. The zero-order chi connectivity index (χ0) is 5.28. The Kier molecular flexibility index (Phi) is 0.994. The lowest BCUT2D eigenvalue weighted by atomic mass is 10.5. The minimum absolute atomic E-state index is 0.567. The molecule has 7 heavy (non-hydrogen) atoms. The molecule has 1 aliphatic carbocycles. The molecule has 1 unspecified atom stereocenters. The molecule has 0 aromatic heterocycles. The van der Waals surface area contributed by atoms with Crippen LogP contribution >= 0.6 is 0 Å². The first-order chi connectivity index (χ1) is 3.34. The standard InChI is InChI=1S/C6H9N/c1-3-7-6-4-5(6)2/h5-6H,1,4H2,2H3/t5?,6-/m0/s1. The van der Waals surface area contributed by atoms with Gasteiger partial charge in [0.05, 0.1) is 6.04 Å². The fourth-order valence-corrected chi connectivity index (χ4v) is 0.600. The van der Waals surface area contributed by atoms with Crippen molar-refractivity contribution >= 4 is 5.87 Å². The van der Waals surface area contributed by atoms with E-state index in [1.165, 1.54) is 6.42 Å². The van der Waals surface area contributed by atoms with Gasteiger partial charge in [-0.2, -0.15) is 0 Å². The highest BCUT2D eigenvalue weighted by Crippen LogP contribution is 2.31. The number of nitrogens with zero attached hydrogens (tertiary/aromatic N) is 1. The molecule has 1 rings (SSSR count). The third kappa shape index (κ3) is 0.908. The molecule has 1 aliphatic rings. The Labute approximate surface area is 43.8 Å². The van der Waals surface area contributed by atoms with Crippen molar-refractivity contribution in [2.24, 2.45) is 10.9 Å². The first-order valence-electron chi connectivity index (χ1n) is 2.56. The minimum atomic E-state index is 0.567. The molecule has 0 aliphatic heterocycles. The fraction of sp³-hybridized carbons (Fsp3) is 0.667. The van der Waals surface area contributed by atoms with Crippen LogP contribution < -0.4 is 0 Å². The second-order valence-corrected chi connectivity index (χ2v) is 2.07. The zero-order valence-corrected chi connectivity index (χ0v) is 4.52. The molecule has 0 bridgehead atoms. The van der Waals surface area contributed by atoms with E-state index < -0.39 is 0 Å². The van der Waals surface area contributed by atoms with Crippen molar-refractivity contribution in [2.45, 2.75) is 19.4 Å². The van der Waals surface area contributed by atoms with Crippen molar-refractivity contribution in [3.8, 4) is 0 Å². The molecule has 0 amide bonds. The van der Waals surface area contributed by atoms with Gasteiger partial charge in [-0.1, -0.05) is 6.92 Å². The van der Waals surface area contributed by atoms with Crippen LogP contribution in [0.25, 0.3) is 0 Å². The monoisotopic (exact) mass is 95.1 g/mol. The van der Waals surface area contributed by atoms with Crippen molar-refractivity contribution in [2.75, 3.05) is 0 Å². The molecule has 38 valence electrons. The molecule has 0 aromatic carbocycles. The molecule has 1 fully saturated rings. The molecule has 2 atom stereocenters. The highest BCUT2D eigenvalue weighted by atomic mass is 14.8. The second kappa shape index (κ2) is 1.51. The average molecular weight is 95.1 g/mol. The van der Waals surface area contributed by atoms with Crippen LogP contribution in [0, 0.1) is 5.92 Å². The van der Waals surface area contributed by atoms with Crippen molar-refractivity contribution in [1.29, 1.82) is 0 Å². The molecule has 0 N–H and O–H groups in total. The molecule has 1 nitrogen and oxygen atoms in total. The molecule has 0 heterocycles. The van der Waals surface area contributed by atoms with E-state index in [0.29, 0.717) is 6.04 Å². The Hall–Kier alpha value is -0.550. The number of hydrogen-bond acceptors (Lipinski definition) is 1. The Balaban J connectivity index is 2.34. The second-order valence-electron chi connectivity index (χ2n) is 2.07. The summed E-state index contributed by atoms with van der Waals surface area (Å²) in [7, 11) is 0. The summed E-state index contributed by atoms with van der Waals surface area (Å²) in [4.78, 5) is 3.96. The highest BCUT2D eigenvalue weighted by Gasteiger charge is 2.31. The lowest BCUT2D eigenvalue weighted by Crippen LogP contribution is -1.73. The van der Waals surface area contributed by atoms with Gasteiger partial charge in [0.15, 0.2) is 0 Å². The van der Waals surface area contributed by atoms with Gasteiger partial charge in [-0.15, -0.1) is 0 Å². The van der Waals surface area contributed by atoms with Gasteiger partial charge in [0, 0.05) is 0 Å². The van der Waals surface area contributed by atoms with E-state index in [0.717, 1.165) is 5.92 Å². The number of hydrogen-bond donors (Lipinski definition) is 0. The Morgan fingerprint density at radius 2 is 2.43 bits per heavy atom.